The van der Waals surface area contributed by atoms with Crippen LogP contribution in [0.4, 0.5) is 5.82 Å². The number of hydrogen-bond acceptors (Lipinski definition) is 7. The van der Waals surface area contributed by atoms with Crippen molar-refractivity contribution in [2.75, 3.05) is 18.5 Å². The topological polar surface area (TPSA) is 172 Å². The van der Waals surface area contributed by atoms with Crippen LogP contribution < -0.4 is 27.4 Å². The normalized spacial score (nSPS) is 13.3. The van der Waals surface area contributed by atoms with Crippen molar-refractivity contribution in [2.24, 2.45) is 11.5 Å². The van der Waals surface area contributed by atoms with Gasteiger partial charge in [0.15, 0.2) is 0 Å². The zero-order valence-corrected chi connectivity index (χ0v) is 19.9. The zero-order chi connectivity index (χ0) is 25.8. The van der Waals surface area contributed by atoms with E-state index in [0.717, 1.165) is 28.7 Å². The lowest BCUT2D eigenvalue weighted by atomic mass is 10.1. The Bertz CT molecular complexity index is 1070. The maximum Gasteiger partial charge on any atom is 0.243 e. The Morgan fingerprint density at radius 1 is 1.09 bits per heavy atom. The van der Waals surface area contributed by atoms with Crippen LogP contribution in [0.25, 0.3) is 10.9 Å². The summed E-state index contributed by atoms with van der Waals surface area (Å²) in [6.07, 6.45) is 8.10. The number of aliphatic hydroxyl groups excluding tert-OH is 1. The van der Waals surface area contributed by atoms with Gasteiger partial charge in [-0.1, -0.05) is 19.3 Å². The number of hydrogen-bond donors (Lipinski definition) is 6. The average molecular weight is 483 g/mol. The molecule has 2 aromatic rings. The maximum atomic E-state index is 12.6. The minimum Gasteiger partial charge on any atom is -0.394 e. The third kappa shape index (κ3) is 8.55. The van der Waals surface area contributed by atoms with E-state index in [0.29, 0.717) is 32.2 Å². The molecule has 0 bridgehead atoms. The van der Waals surface area contributed by atoms with E-state index in [1.54, 1.807) is 0 Å². The number of aliphatic hydroxyl groups is 1. The SMILES string of the molecule is C#Cc1ccc2nc(NCCCCC(NC(=O)C(CCC)NC(=O)C(N)CO)C(N)=O)ccc2c1. The van der Waals surface area contributed by atoms with Crippen molar-refractivity contribution in [3.8, 4) is 12.3 Å². The van der Waals surface area contributed by atoms with E-state index in [9.17, 15) is 14.4 Å². The number of fused-ring (bicyclic) bond motifs is 1. The second-order valence-corrected chi connectivity index (χ2v) is 8.27. The van der Waals surface area contributed by atoms with Crippen LogP contribution in [0.15, 0.2) is 30.3 Å². The molecule has 188 valence electrons. The van der Waals surface area contributed by atoms with Crippen LogP contribution in [0.3, 0.4) is 0 Å². The van der Waals surface area contributed by atoms with Gasteiger partial charge in [0.25, 0.3) is 0 Å². The molecule has 8 N–H and O–H groups in total. The second kappa shape index (κ2) is 13.9. The monoisotopic (exact) mass is 482 g/mol. The summed E-state index contributed by atoms with van der Waals surface area (Å²) in [6, 6.07) is 6.58. The van der Waals surface area contributed by atoms with Crippen molar-refractivity contribution in [2.45, 2.75) is 57.2 Å². The Labute approximate surface area is 205 Å². The van der Waals surface area contributed by atoms with Gasteiger partial charge in [-0.25, -0.2) is 4.98 Å². The number of benzene rings is 1. The number of nitrogens with zero attached hydrogens (tertiary/aromatic N) is 1. The van der Waals surface area contributed by atoms with E-state index in [4.69, 9.17) is 23.0 Å². The molecule has 3 amide bonds. The maximum absolute atomic E-state index is 12.6. The van der Waals surface area contributed by atoms with E-state index in [1.165, 1.54) is 0 Å². The summed E-state index contributed by atoms with van der Waals surface area (Å²) in [6.45, 7) is 1.94. The highest BCUT2D eigenvalue weighted by atomic mass is 16.3. The summed E-state index contributed by atoms with van der Waals surface area (Å²) in [5.41, 5.74) is 12.6. The predicted molar refractivity (Wildman–Crippen MR) is 135 cm³/mol. The number of rotatable bonds is 14. The van der Waals surface area contributed by atoms with Gasteiger partial charge in [-0.05, 0) is 56.0 Å². The first-order chi connectivity index (χ1) is 16.8. The third-order valence-corrected chi connectivity index (χ3v) is 5.49. The fourth-order valence-electron chi connectivity index (χ4n) is 3.48. The van der Waals surface area contributed by atoms with Crippen molar-refractivity contribution in [1.82, 2.24) is 15.6 Å². The minimum atomic E-state index is -1.13. The molecule has 0 aliphatic carbocycles. The third-order valence-electron chi connectivity index (χ3n) is 5.49. The van der Waals surface area contributed by atoms with Gasteiger partial charge >= 0.3 is 0 Å². The Morgan fingerprint density at radius 2 is 1.83 bits per heavy atom. The molecule has 0 spiro atoms. The lowest BCUT2D eigenvalue weighted by Crippen LogP contribution is -2.55. The van der Waals surface area contributed by atoms with Crippen molar-refractivity contribution >= 4 is 34.4 Å². The van der Waals surface area contributed by atoms with E-state index < -0.39 is 42.5 Å². The first-order valence-corrected chi connectivity index (χ1v) is 11.7. The zero-order valence-electron chi connectivity index (χ0n) is 19.9. The Morgan fingerprint density at radius 3 is 2.49 bits per heavy atom. The first-order valence-electron chi connectivity index (χ1n) is 11.7. The lowest BCUT2D eigenvalue weighted by Gasteiger charge is -2.22. The van der Waals surface area contributed by atoms with E-state index >= 15 is 0 Å². The average Bonchev–Trinajstić information content (AvgIpc) is 2.86. The molecular weight excluding hydrogens is 448 g/mol. The number of nitrogens with one attached hydrogen (secondary N) is 3. The number of nitrogens with two attached hydrogens (primary N) is 2. The molecule has 0 saturated heterocycles. The molecule has 1 aromatic heterocycles. The van der Waals surface area contributed by atoms with Crippen LogP contribution in [0.5, 0.6) is 0 Å². The molecule has 1 aromatic carbocycles. The fraction of sp³-hybridized carbons (Fsp3) is 0.440. The standard InChI is InChI=1S/C25H34N6O4/c1-3-7-21(31-24(34)18(26)15-32)25(35)30-20(23(27)33)8-5-6-13-28-22-12-10-17-14-16(4-2)9-11-19(17)29-22/h2,9-12,14,18,20-21,32H,3,5-8,13,15,26H2,1H3,(H2,27,33)(H,28,29)(H,30,35)(H,31,34). The van der Waals surface area contributed by atoms with Crippen molar-refractivity contribution in [3.05, 3.63) is 35.9 Å². The Kier molecular flexibility index (Phi) is 10.9. The molecule has 3 atom stereocenters. The molecule has 2 rings (SSSR count). The van der Waals surface area contributed by atoms with Crippen molar-refractivity contribution in [1.29, 1.82) is 0 Å². The predicted octanol–water partition coefficient (Wildman–Crippen LogP) is 0.373. The smallest absolute Gasteiger partial charge is 0.243 e. The van der Waals surface area contributed by atoms with Crippen LogP contribution in [0.1, 0.15) is 44.6 Å². The quantitative estimate of drug-likeness (QED) is 0.167. The number of unbranched alkanes of at least 4 members (excludes halogenated alkanes) is 1. The van der Waals surface area contributed by atoms with Gasteiger partial charge in [-0.3, -0.25) is 14.4 Å². The number of pyridine rings is 1. The molecular formula is C25H34N6O4. The molecule has 3 unspecified atom stereocenters. The largest absolute Gasteiger partial charge is 0.394 e. The summed E-state index contributed by atoms with van der Waals surface area (Å²) in [7, 11) is 0. The number of anilines is 1. The first kappa shape index (κ1) is 27.6. The number of amides is 3. The highest BCUT2D eigenvalue weighted by molar-refractivity contribution is 5.92. The van der Waals surface area contributed by atoms with Crippen LogP contribution in [0, 0.1) is 12.3 Å². The van der Waals surface area contributed by atoms with Gasteiger partial charge in [0.2, 0.25) is 17.7 Å². The lowest BCUT2D eigenvalue weighted by molar-refractivity contribution is -0.132. The molecule has 0 saturated carbocycles. The van der Waals surface area contributed by atoms with Crippen LogP contribution in [-0.2, 0) is 14.4 Å². The Balaban J connectivity index is 1.83. The molecule has 10 heteroatoms. The number of aromatic nitrogens is 1. The van der Waals surface area contributed by atoms with E-state index in [-0.39, 0.29) is 0 Å². The number of carbonyl (C=O) groups excluding carboxylic acids is 3. The summed E-state index contributed by atoms with van der Waals surface area (Å²) in [4.78, 5) is 41.0. The van der Waals surface area contributed by atoms with E-state index in [2.05, 4.69) is 26.9 Å². The number of carbonyl (C=O) groups is 3. The molecule has 10 nitrogen and oxygen atoms in total. The molecule has 0 radical (unpaired) electrons. The summed E-state index contributed by atoms with van der Waals surface area (Å²) in [5.74, 6) is 1.53. The van der Waals surface area contributed by atoms with Gasteiger partial charge in [0.05, 0.1) is 12.1 Å². The summed E-state index contributed by atoms with van der Waals surface area (Å²) >= 11 is 0. The molecule has 0 aliphatic rings. The highest BCUT2D eigenvalue weighted by Crippen LogP contribution is 2.17. The fourth-order valence-corrected chi connectivity index (χ4v) is 3.48. The number of terminal acetylenes is 1. The van der Waals surface area contributed by atoms with Gasteiger partial charge < -0.3 is 32.5 Å². The highest BCUT2D eigenvalue weighted by Gasteiger charge is 2.26. The summed E-state index contributed by atoms with van der Waals surface area (Å²) < 4.78 is 0. The van der Waals surface area contributed by atoms with Gasteiger partial charge in [0.1, 0.15) is 23.9 Å². The number of primary amides is 1. The molecule has 0 fully saturated rings. The minimum absolute atomic E-state index is 0.353. The van der Waals surface area contributed by atoms with Crippen molar-refractivity contribution in [3.63, 3.8) is 0 Å². The molecule has 35 heavy (non-hydrogen) atoms. The van der Waals surface area contributed by atoms with Gasteiger partial charge in [0, 0.05) is 17.5 Å². The van der Waals surface area contributed by atoms with Crippen LogP contribution in [-0.4, -0.2) is 59.1 Å². The van der Waals surface area contributed by atoms with Crippen molar-refractivity contribution < 1.29 is 19.5 Å². The van der Waals surface area contributed by atoms with Gasteiger partial charge in [-0.15, -0.1) is 6.42 Å². The Hall–Kier alpha value is -3.68. The van der Waals surface area contributed by atoms with Crippen LogP contribution in [0.2, 0.25) is 0 Å². The van der Waals surface area contributed by atoms with Gasteiger partial charge in [-0.2, -0.15) is 0 Å². The second-order valence-electron chi connectivity index (χ2n) is 8.27. The molecule has 0 aliphatic heterocycles. The molecule has 1 heterocycles. The van der Waals surface area contributed by atoms with Crippen LogP contribution >= 0.6 is 0 Å². The van der Waals surface area contributed by atoms with E-state index in [1.807, 2.05) is 37.3 Å². The summed E-state index contributed by atoms with van der Waals surface area (Å²) in [5, 5.41) is 18.4.